The molecule has 158 valence electrons. The molecule has 1 aromatic heterocycles. The highest BCUT2D eigenvalue weighted by atomic mass is 32.2. The number of hydrogen-bond acceptors (Lipinski definition) is 7. The maximum absolute atomic E-state index is 13.0. The number of benzene rings is 2. The number of nitro benzene ring substituents is 1. The van der Waals surface area contributed by atoms with E-state index in [1.54, 1.807) is 30.5 Å². The molecule has 1 amide bonds. The van der Waals surface area contributed by atoms with E-state index in [-0.39, 0.29) is 22.8 Å². The van der Waals surface area contributed by atoms with Crippen LogP contribution in [0, 0.1) is 10.1 Å². The van der Waals surface area contributed by atoms with E-state index in [2.05, 4.69) is 10.1 Å². The molecule has 0 saturated carbocycles. The van der Waals surface area contributed by atoms with Crippen molar-refractivity contribution in [3.63, 3.8) is 0 Å². The first kappa shape index (κ1) is 20.5. The Morgan fingerprint density at radius 2 is 2.06 bits per heavy atom. The highest BCUT2D eigenvalue weighted by Gasteiger charge is 2.46. The van der Waals surface area contributed by atoms with Gasteiger partial charge in [-0.1, -0.05) is 23.9 Å². The summed E-state index contributed by atoms with van der Waals surface area (Å²) in [5.41, 5.74) is 1.04. The van der Waals surface area contributed by atoms with Crippen molar-refractivity contribution in [3.8, 4) is 17.0 Å². The molecule has 1 aliphatic heterocycles. The number of aromatic nitrogens is 3. The number of rotatable bonds is 4. The van der Waals surface area contributed by atoms with Crippen molar-refractivity contribution >= 4 is 29.0 Å². The van der Waals surface area contributed by atoms with Crippen molar-refractivity contribution in [3.05, 3.63) is 68.5 Å². The van der Waals surface area contributed by atoms with Crippen molar-refractivity contribution in [2.45, 2.75) is 18.2 Å². The third-order valence-corrected chi connectivity index (χ3v) is 5.56. The number of H-pyrrole nitrogens is 1. The smallest absolute Gasteiger partial charge is 0.325 e. The minimum absolute atomic E-state index is 0.171. The Bertz CT molecular complexity index is 1280. The van der Waals surface area contributed by atoms with E-state index in [9.17, 15) is 19.7 Å². The van der Waals surface area contributed by atoms with Crippen molar-refractivity contribution in [2.24, 2.45) is 0 Å². The zero-order chi connectivity index (χ0) is 22.3. The molecule has 0 bridgehead atoms. The number of ether oxygens (including phenoxy) is 1. The molecular formula is C20H18N5O5S+. The number of nitrogens with one attached hydrogen (secondary N) is 1. The standard InChI is InChI=1S/C20H17N5O5S/c1-11(26)23-15-7-5-4-6-13(15)17-18(27)21-20(31-3)22-24(17)19(23)14-10-12(25(28)29)8-9-16(14)30-2/h4-10,19H,1-3H3/p+1. The van der Waals surface area contributed by atoms with Crippen LogP contribution in [0.25, 0.3) is 11.3 Å². The minimum Gasteiger partial charge on any atom is -0.496 e. The zero-order valence-corrected chi connectivity index (χ0v) is 17.7. The quantitative estimate of drug-likeness (QED) is 0.286. The fraction of sp³-hybridized carbons (Fsp3) is 0.200. The average Bonchev–Trinajstić information content (AvgIpc) is 2.76. The largest absolute Gasteiger partial charge is 0.496 e. The van der Waals surface area contributed by atoms with Crippen LogP contribution in [0.3, 0.4) is 0 Å². The molecule has 31 heavy (non-hydrogen) atoms. The fourth-order valence-electron chi connectivity index (χ4n) is 3.72. The van der Waals surface area contributed by atoms with Crippen LogP contribution < -0.4 is 19.9 Å². The lowest BCUT2D eigenvalue weighted by atomic mass is 10.0. The monoisotopic (exact) mass is 440 g/mol. The predicted molar refractivity (Wildman–Crippen MR) is 113 cm³/mol. The van der Waals surface area contributed by atoms with E-state index in [0.717, 1.165) is 0 Å². The Labute approximate surface area is 180 Å². The molecule has 10 nitrogen and oxygen atoms in total. The molecule has 0 radical (unpaired) electrons. The van der Waals surface area contributed by atoms with Crippen molar-refractivity contribution in [2.75, 3.05) is 18.3 Å². The van der Waals surface area contributed by atoms with Gasteiger partial charge in [0.1, 0.15) is 5.75 Å². The van der Waals surface area contributed by atoms with Gasteiger partial charge in [-0.2, -0.15) is 0 Å². The van der Waals surface area contributed by atoms with E-state index in [0.29, 0.717) is 27.7 Å². The van der Waals surface area contributed by atoms with Crippen molar-refractivity contribution < 1.29 is 19.1 Å². The summed E-state index contributed by atoms with van der Waals surface area (Å²) in [6.07, 6.45) is 0.790. The molecular weight excluding hydrogens is 422 g/mol. The number of anilines is 1. The molecule has 1 aliphatic rings. The first-order valence-corrected chi connectivity index (χ1v) is 10.4. The van der Waals surface area contributed by atoms with Crippen LogP contribution >= 0.6 is 11.8 Å². The molecule has 2 aromatic carbocycles. The molecule has 2 heterocycles. The molecule has 1 atom stereocenters. The average molecular weight is 440 g/mol. The second-order valence-electron chi connectivity index (χ2n) is 6.72. The van der Waals surface area contributed by atoms with Crippen LogP contribution in [0.2, 0.25) is 0 Å². The summed E-state index contributed by atoms with van der Waals surface area (Å²) in [5.74, 6) is 0.00408. The van der Waals surface area contributed by atoms with Gasteiger partial charge in [-0.15, -0.1) is 0 Å². The van der Waals surface area contributed by atoms with Crippen molar-refractivity contribution in [1.29, 1.82) is 0 Å². The van der Waals surface area contributed by atoms with E-state index < -0.39 is 11.1 Å². The lowest BCUT2D eigenvalue weighted by Gasteiger charge is -2.31. The number of carbonyl (C=O) groups excluding carboxylic acids is 1. The Hall–Kier alpha value is -3.73. The number of amides is 1. The lowest BCUT2D eigenvalue weighted by Crippen LogP contribution is -2.60. The second-order valence-corrected chi connectivity index (χ2v) is 7.51. The highest BCUT2D eigenvalue weighted by Crippen LogP contribution is 2.40. The molecule has 1 unspecified atom stereocenters. The number of carbonyl (C=O) groups is 1. The number of methoxy groups -OCH3 is 1. The van der Waals surface area contributed by atoms with Gasteiger partial charge in [-0.05, 0) is 29.1 Å². The molecule has 1 N–H and O–H groups in total. The number of fused-ring (bicyclic) bond motifs is 3. The number of thioether (sulfide) groups is 1. The van der Waals surface area contributed by atoms with Gasteiger partial charge in [-0.3, -0.25) is 24.7 Å². The summed E-state index contributed by atoms with van der Waals surface area (Å²) in [6.45, 7) is 1.39. The predicted octanol–water partition coefficient (Wildman–Crippen LogP) is 2.28. The van der Waals surface area contributed by atoms with Crippen LogP contribution in [-0.4, -0.2) is 34.3 Å². The highest BCUT2D eigenvalue weighted by molar-refractivity contribution is 7.98. The number of non-ortho nitro benzene ring substituents is 1. The molecule has 0 spiro atoms. The van der Waals surface area contributed by atoms with E-state index >= 15 is 0 Å². The van der Waals surface area contributed by atoms with Crippen LogP contribution in [0.1, 0.15) is 18.7 Å². The molecule has 3 aromatic rings. The van der Waals surface area contributed by atoms with Gasteiger partial charge in [0, 0.05) is 24.2 Å². The topological polar surface area (TPSA) is 122 Å². The van der Waals surface area contributed by atoms with E-state index in [1.807, 2.05) is 0 Å². The SMILES string of the molecule is COc1ccc([N+](=O)[O-])cc1C1N(C(C)=O)c2ccccc2-c2c(=O)[nH]c(SC)n[n+]21. The van der Waals surface area contributed by atoms with Crippen LogP contribution in [0.5, 0.6) is 5.75 Å². The summed E-state index contributed by atoms with van der Waals surface area (Å²) in [5, 5.41) is 16.3. The number of nitrogens with zero attached hydrogens (tertiary/aromatic N) is 4. The Kier molecular flexibility index (Phi) is 5.19. The third kappa shape index (κ3) is 3.32. The van der Waals surface area contributed by atoms with Gasteiger partial charge < -0.3 is 4.74 Å². The van der Waals surface area contributed by atoms with Gasteiger partial charge >= 0.3 is 11.3 Å². The number of hydrogen-bond donors (Lipinski definition) is 1. The Morgan fingerprint density at radius 3 is 2.71 bits per heavy atom. The molecule has 0 fully saturated rings. The zero-order valence-electron chi connectivity index (χ0n) is 16.9. The first-order chi connectivity index (χ1) is 14.9. The molecule has 11 heteroatoms. The van der Waals surface area contributed by atoms with Crippen molar-refractivity contribution in [1.82, 2.24) is 10.1 Å². The molecule has 0 aliphatic carbocycles. The summed E-state index contributed by atoms with van der Waals surface area (Å²) < 4.78 is 6.88. The van der Waals surface area contributed by atoms with E-state index in [1.165, 1.54) is 53.6 Å². The second kappa shape index (κ2) is 7.84. The summed E-state index contributed by atoms with van der Waals surface area (Å²) in [6, 6.07) is 11.1. The van der Waals surface area contributed by atoms with Gasteiger partial charge in [-0.25, -0.2) is 4.90 Å². The number of nitro groups is 1. The summed E-state index contributed by atoms with van der Waals surface area (Å²) in [4.78, 5) is 41.0. The van der Waals surface area contributed by atoms with Crippen LogP contribution in [0.4, 0.5) is 11.4 Å². The normalized spacial score (nSPS) is 14.5. The van der Waals surface area contributed by atoms with E-state index in [4.69, 9.17) is 4.74 Å². The van der Waals surface area contributed by atoms with Crippen LogP contribution in [0.15, 0.2) is 52.4 Å². The summed E-state index contributed by atoms with van der Waals surface area (Å²) in [7, 11) is 1.43. The van der Waals surface area contributed by atoms with Gasteiger partial charge in [0.15, 0.2) is 0 Å². The minimum atomic E-state index is -0.967. The van der Waals surface area contributed by atoms with Gasteiger partial charge in [0.05, 0.1) is 28.8 Å². The summed E-state index contributed by atoms with van der Waals surface area (Å²) >= 11 is 1.23. The molecule has 4 rings (SSSR count). The lowest BCUT2D eigenvalue weighted by molar-refractivity contribution is -0.763. The maximum atomic E-state index is 13.0. The number of aromatic amines is 1. The molecule has 0 saturated heterocycles. The third-order valence-electron chi connectivity index (χ3n) is 4.99. The van der Waals surface area contributed by atoms with Gasteiger partial charge in [0.25, 0.3) is 11.9 Å². The fourth-order valence-corrected chi connectivity index (χ4v) is 4.09. The first-order valence-electron chi connectivity index (χ1n) is 9.19. The Balaban J connectivity index is 2.13. The Morgan fingerprint density at radius 1 is 1.32 bits per heavy atom. The van der Waals surface area contributed by atoms with Crippen LogP contribution in [-0.2, 0) is 4.79 Å². The number of para-hydroxylation sites is 1. The maximum Gasteiger partial charge on any atom is 0.325 e. The van der Waals surface area contributed by atoms with Gasteiger partial charge in [0.2, 0.25) is 11.1 Å².